The Balaban J connectivity index is 2.13. The Morgan fingerprint density at radius 1 is 1.29 bits per heavy atom. The number of nitriles is 1. The third-order valence-electron chi connectivity index (χ3n) is 2.82. The predicted molar refractivity (Wildman–Crippen MR) is 81.0 cm³/mol. The third-order valence-corrected chi connectivity index (χ3v) is 3.60. The van der Waals surface area contributed by atoms with Crippen molar-refractivity contribution in [2.24, 2.45) is 0 Å². The first kappa shape index (κ1) is 15.1. The van der Waals surface area contributed by atoms with Crippen molar-refractivity contribution >= 4 is 21.9 Å². The number of halogens is 1. The third kappa shape index (κ3) is 3.83. The number of benzene rings is 2. The fourth-order valence-electron chi connectivity index (χ4n) is 1.75. The first-order chi connectivity index (χ1) is 10.1. The normalized spacial score (nSPS) is 9.76. The van der Waals surface area contributed by atoms with Crippen LogP contribution in [0, 0.1) is 11.3 Å². The highest BCUT2D eigenvalue weighted by Crippen LogP contribution is 2.21. The zero-order chi connectivity index (χ0) is 15.2. The van der Waals surface area contributed by atoms with Crippen molar-refractivity contribution in [2.45, 2.75) is 6.61 Å². The average molecular weight is 346 g/mol. The number of ether oxygens (including phenoxy) is 2. The molecule has 0 fully saturated rings. The van der Waals surface area contributed by atoms with E-state index in [1.807, 2.05) is 6.07 Å². The van der Waals surface area contributed by atoms with Crippen LogP contribution in [0.15, 0.2) is 46.9 Å². The number of carbonyl (C=O) groups is 1. The molecule has 0 heterocycles. The molecule has 106 valence electrons. The SMILES string of the molecule is COC(=O)c1cccc(OCc2cc(C#N)ccc2Br)c1. The summed E-state index contributed by atoms with van der Waals surface area (Å²) in [6.45, 7) is 0.292. The summed E-state index contributed by atoms with van der Waals surface area (Å²) in [5, 5.41) is 8.91. The van der Waals surface area contributed by atoms with E-state index in [0.29, 0.717) is 23.5 Å². The van der Waals surface area contributed by atoms with E-state index in [4.69, 9.17) is 10.00 Å². The second-order valence-electron chi connectivity index (χ2n) is 4.23. The molecule has 0 aliphatic rings. The van der Waals surface area contributed by atoms with Crippen LogP contribution in [-0.2, 0) is 11.3 Å². The van der Waals surface area contributed by atoms with Gasteiger partial charge in [-0.2, -0.15) is 5.26 Å². The van der Waals surface area contributed by atoms with E-state index in [-0.39, 0.29) is 0 Å². The number of esters is 1. The van der Waals surface area contributed by atoms with Crippen LogP contribution in [0.5, 0.6) is 5.75 Å². The lowest BCUT2D eigenvalue weighted by molar-refractivity contribution is 0.0600. The summed E-state index contributed by atoms with van der Waals surface area (Å²) in [5.74, 6) is 0.153. The van der Waals surface area contributed by atoms with Crippen molar-refractivity contribution in [2.75, 3.05) is 7.11 Å². The molecule has 0 bridgehead atoms. The molecular formula is C16H12BrNO3. The number of hydrogen-bond acceptors (Lipinski definition) is 4. The van der Waals surface area contributed by atoms with Gasteiger partial charge in [-0.05, 0) is 36.4 Å². The summed E-state index contributed by atoms with van der Waals surface area (Å²) in [4.78, 5) is 11.5. The zero-order valence-electron chi connectivity index (χ0n) is 11.3. The predicted octanol–water partition coefficient (Wildman–Crippen LogP) is 3.69. The smallest absolute Gasteiger partial charge is 0.337 e. The maximum atomic E-state index is 11.5. The summed E-state index contributed by atoms with van der Waals surface area (Å²) < 4.78 is 11.2. The van der Waals surface area contributed by atoms with Crippen LogP contribution in [0.25, 0.3) is 0 Å². The van der Waals surface area contributed by atoms with Gasteiger partial charge in [0.2, 0.25) is 0 Å². The molecule has 0 saturated heterocycles. The lowest BCUT2D eigenvalue weighted by atomic mass is 10.1. The van der Waals surface area contributed by atoms with Crippen molar-refractivity contribution < 1.29 is 14.3 Å². The van der Waals surface area contributed by atoms with Gasteiger partial charge in [-0.25, -0.2) is 4.79 Å². The highest BCUT2D eigenvalue weighted by molar-refractivity contribution is 9.10. The number of carbonyl (C=O) groups excluding carboxylic acids is 1. The van der Waals surface area contributed by atoms with E-state index in [1.165, 1.54) is 7.11 Å². The Kier molecular flexibility index (Phi) is 4.96. The Hall–Kier alpha value is -2.32. The molecule has 0 saturated carbocycles. The minimum atomic E-state index is -0.409. The van der Waals surface area contributed by atoms with E-state index >= 15 is 0 Å². The van der Waals surface area contributed by atoms with E-state index < -0.39 is 5.97 Å². The van der Waals surface area contributed by atoms with Crippen molar-refractivity contribution in [1.29, 1.82) is 5.26 Å². The topological polar surface area (TPSA) is 59.3 Å². The standard InChI is InChI=1S/C16H12BrNO3/c1-20-16(19)12-3-2-4-14(8-12)21-10-13-7-11(9-18)5-6-15(13)17/h2-8H,10H2,1H3. The molecule has 4 nitrogen and oxygen atoms in total. The maximum Gasteiger partial charge on any atom is 0.337 e. The zero-order valence-corrected chi connectivity index (χ0v) is 12.9. The molecular weight excluding hydrogens is 334 g/mol. The number of nitrogens with zero attached hydrogens (tertiary/aromatic N) is 1. The van der Waals surface area contributed by atoms with Crippen LogP contribution < -0.4 is 4.74 Å². The van der Waals surface area contributed by atoms with Gasteiger partial charge in [0.25, 0.3) is 0 Å². The molecule has 0 spiro atoms. The number of rotatable bonds is 4. The molecule has 0 aliphatic heterocycles. The second kappa shape index (κ2) is 6.91. The van der Waals surface area contributed by atoms with Gasteiger partial charge in [0.15, 0.2) is 0 Å². The van der Waals surface area contributed by atoms with Gasteiger partial charge in [0, 0.05) is 10.0 Å². The van der Waals surface area contributed by atoms with Crippen LogP contribution in [0.3, 0.4) is 0 Å². The Labute approximate surface area is 131 Å². The molecule has 0 aromatic heterocycles. The van der Waals surface area contributed by atoms with Crippen LogP contribution in [0.4, 0.5) is 0 Å². The Morgan fingerprint density at radius 2 is 2.10 bits per heavy atom. The summed E-state index contributed by atoms with van der Waals surface area (Å²) >= 11 is 3.42. The highest BCUT2D eigenvalue weighted by Gasteiger charge is 2.07. The number of hydrogen-bond donors (Lipinski definition) is 0. The average Bonchev–Trinajstić information content (AvgIpc) is 2.53. The van der Waals surface area contributed by atoms with Gasteiger partial charge < -0.3 is 9.47 Å². The van der Waals surface area contributed by atoms with Gasteiger partial charge in [-0.3, -0.25) is 0 Å². The minimum Gasteiger partial charge on any atom is -0.489 e. The van der Waals surface area contributed by atoms with Gasteiger partial charge in [0.05, 0.1) is 24.3 Å². The van der Waals surface area contributed by atoms with Gasteiger partial charge in [0.1, 0.15) is 12.4 Å². The maximum absolute atomic E-state index is 11.5. The highest BCUT2D eigenvalue weighted by atomic mass is 79.9. The first-order valence-corrected chi connectivity index (χ1v) is 6.93. The molecule has 2 rings (SSSR count). The van der Waals surface area contributed by atoms with Gasteiger partial charge >= 0.3 is 5.97 Å². The summed E-state index contributed by atoms with van der Waals surface area (Å²) in [6, 6.07) is 14.1. The Bertz CT molecular complexity index is 707. The fourth-order valence-corrected chi connectivity index (χ4v) is 2.11. The van der Waals surface area contributed by atoms with E-state index in [2.05, 4.69) is 26.7 Å². The fraction of sp³-hybridized carbons (Fsp3) is 0.125. The minimum absolute atomic E-state index is 0.292. The first-order valence-electron chi connectivity index (χ1n) is 6.13. The molecule has 0 amide bonds. The van der Waals surface area contributed by atoms with Crippen molar-refractivity contribution in [3.63, 3.8) is 0 Å². The van der Waals surface area contributed by atoms with Crippen LogP contribution >= 0.6 is 15.9 Å². The van der Waals surface area contributed by atoms with Gasteiger partial charge in [-0.1, -0.05) is 22.0 Å². The quantitative estimate of drug-likeness (QED) is 0.793. The van der Waals surface area contributed by atoms with Crippen LogP contribution in [0.1, 0.15) is 21.5 Å². The summed E-state index contributed by atoms with van der Waals surface area (Å²) in [7, 11) is 1.33. The molecule has 0 radical (unpaired) electrons. The molecule has 0 N–H and O–H groups in total. The molecule has 0 aliphatic carbocycles. The van der Waals surface area contributed by atoms with E-state index in [1.54, 1.807) is 36.4 Å². The molecule has 5 heteroatoms. The lowest BCUT2D eigenvalue weighted by Gasteiger charge is -2.09. The van der Waals surface area contributed by atoms with E-state index in [9.17, 15) is 4.79 Å². The molecule has 2 aromatic rings. The van der Waals surface area contributed by atoms with Crippen molar-refractivity contribution in [3.05, 3.63) is 63.6 Å². The number of methoxy groups -OCH3 is 1. The van der Waals surface area contributed by atoms with Crippen molar-refractivity contribution in [3.8, 4) is 11.8 Å². The van der Waals surface area contributed by atoms with Crippen molar-refractivity contribution in [1.82, 2.24) is 0 Å². The molecule has 0 atom stereocenters. The second-order valence-corrected chi connectivity index (χ2v) is 5.08. The monoisotopic (exact) mass is 345 g/mol. The van der Waals surface area contributed by atoms with E-state index in [0.717, 1.165) is 10.0 Å². The van der Waals surface area contributed by atoms with Crippen LogP contribution in [-0.4, -0.2) is 13.1 Å². The molecule has 21 heavy (non-hydrogen) atoms. The molecule has 2 aromatic carbocycles. The lowest BCUT2D eigenvalue weighted by Crippen LogP contribution is -2.02. The van der Waals surface area contributed by atoms with Crippen LogP contribution in [0.2, 0.25) is 0 Å². The molecule has 0 unspecified atom stereocenters. The summed E-state index contributed by atoms with van der Waals surface area (Å²) in [6.07, 6.45) is 0. The Morgan fingerprint density at radius 3 is 2.81 bits per heavy atom. The van der Waals surface area contributed by atoms with Gasteiger partial charge in [-0.15, -0.1) is 0 Å². The summed E-state index contributed by atoms with van der Waals surface area (Å²) in [5.41, 5.74) is 1.86. The largest absolute Gasteiger partial charge is 0.489 e.